The average molecular weight is 356 g/mol. The molecule has 0 fully saturated rings. The maximum atomic E-state index is 4.58. The van der Waals surface area contributed by atoms with Gasteiger partial charge < -0.3 is 15.1 Å². The zero-order valence-corrected chi connectivity index (χ0v) is 17.1. The van der Waals surface area contributed by atoms with Gasteiger partial charge in [-0.05, 0) is 57.9 Å². The molecule has 0 aliphatic carbocycles. The largest absolute Gasteiger partial charge is 0.372 e. The van der Waals surface area contributed by atoms with Gasteiger partial charge in [0.05, 0.1) is 0 Å². The van der Waals surface area contributed by atoms with Crippen LogP contribution in [0, 0.1) is 13.8 Å². The average Bonchev–Trinajstić information content (AvgIpc) is 2.62. The van der Waals surface area contributed by atoms with Crippen molar-refractivity contribution < 1.29 is 0 Å². The normalized spacial score (nSPS) is 10.7. The molecular weight excluding hydrogens is 322 g/mol. The highest BCUT2D eigenvalue weighted by Crippen LogP contribution is 2.26. The Hall–Kier alpha value is -2.30. The minimum Gasteiger partial charge on any atom is -0.372 e. The number of hydrogen-bond acceptors (Lipinski definition) is 5. The Labute approximate surface area is 158 Å². The van der Waals surface area contributed by atoms with Crippen LogP contribution in [0.5, 0.6) is 0 Å². The van der Waals surface area contributed by atoms with Crippen molar-refractivity contribution in [2.45, 2.75) is 47.5 Å². The van der Waals surface area contributed by atoms with Gasteiger partial charge >= 0.3 is 0 Å². The fourth-order valence-corrected chi connectivity index (χ4v) is 3.03. The topological polar surface area (TPSA) is 44.3 Å². The third kappa shape index (κ3) is 5.10. The van der Waals surface area contributed by atoms with E-state index < -0.39 is 0 Å². The Bertz CT molecular complexity index is 710. The second-order valence-corrected chi connectivity index (χ2v) is 6.73. The molecule has 0 spiro atoms. The van der Waals surface area contributed by atoms with Gasteiger partial charge in [-0.15, -0.1) is 0 Å². The molecular formula is C21H33N5. The molecule has 5 heteroatoms. The molecule has 0 saturated carbocycles. The lowest BCUT2D eigenvalue weighted by atomic mass is 10.1. The number of benzene rings is 1. The van der Waals surface area contributed by atoms with Crippen molar-refractivity contribution in [3.8, 4) is 0 Å². The fraction of sp³-hybridized carbons (Fsp3) is 0.524. The summed E-state index contributed by atoms with van der Waals surface area (Å²) in [5.74, 6) is 2.59. The molecule has 26 heavy (non-hydrogen) atoms. The Morgan fingerprint density at radius 3 is 2.35 bits per heavy atom. The third-order valence-corrected chi connectivity index (χ3v) is 4.66. The van der Waals surface area contributed by atoms with Crippen LogP contribution in [0.25, 0.3) is 0 Å². The minimum atomic E-state index is 0.783. The van der Waals surface area contributed by atoms with Crippen LogP contribution in [0.3, 0.4) is 0 Å². The Morgan fingerprint density at radius 1 is 1.00 bits per heavy atom. The first-order valence-corrected chi connectivity index (χ1v) is 9.67. The molecule has 0 unspecified atom stereocenters. The van der Waals surface area contributed by atoms with E-state index >= 15 is 0 Å². The van der Waals surface area contributed by atoms with Gasteiger partial charge in [-0.25, -0.2) is 9.97 Å². The molecule has 5 nitrogen and oxygen atoms in total. The van der Waals surface area contributed by atoms with E-state index in [1.54, 1.807) is 0 Å². The van der Waals surface area contributed by atoms with E-state index in [1.807, 2.05) is 13.0 Å². The molecule has 0 aliphatic heterocycles. The van der Waals surface area contributed by atoms with Crippen molar-refractivity contribution in [1.29, 1.82) is 0 Å². The predicted octanol–water partition coefficient (Wildman–Crippen LogP) is 4.92. The fourth-order valence-electron chi connectivity index (χ4n) is 3.03. The molecule has 142 valence electrons. The first kappa shape index (κ1) is 20.0. The molecule has 2 aromatic rings. The van der Waals surface area contributed by atoms with Gasteiger partial charge in [-0.3, -0.25) is 0 Å². The number of nitrogens with zero attached hydrogens (tertiary/aromatic N) is 4. The highest BCUT2D eigenvalue weighted by molar-refractivity contribution is 5.66. The maximum Gasteiger partial charge on any atom is 0.136 e. The van der Waals surface area contributed by atoms with Crippen molar-refractivity contribution in [1.82, 2.24) is 9.97 Å². The van der Waals surface area contributed by atoms with Gasteiger partial charge in [0.15, 0.2) is 0 Å². The molecule has 1 aromatic heterocycles. The van der Waals surface area contributed by atoms with E-state index in [0.29, 0.717) is 0 Å². The Balaban J connectivity index is 2.21. The van der Waals surface area contributed by atoms with Crippen molar-refractivity contribution in [3.05, 3.63) is 35.7 Å². The van der Waals surface area contributed by atoms with Gasteiger partial charge in [0.1, 0.15) is 17.5 Å². The zero-order chi connectivity index (χ0) is 19.1. The highest BCUT2D eigenvalue weighted by atomic mass is 15.2. The smallest absolute Gasteiger partial charge is 0.136 e. The lowest BCUT2D eigenvalue weighted by molar-refractivity contribution is 0.756. The Morgan fingerprint density at radius 2 is 1.73 bits per heavy atom. The molecule has 1 heterocycles. The SMILES string of the molecule is CCCCN(C)c1cc(Nc2ccc(N(CC)CC)cc2C)nc(C)n1. The van der Waals surface area contributed by atoms with Crippen molar-refractivity contribution in [3.63, 3.8) is 0 Å². The van der Waals surface area contributed by atoms with Gasteiger partial charge in [0.25, 0.3) is 0 Å². The molecule has 2 rings (SSSR count). The molecule has 0 saturated heterocycles. The van der Waals surface area contributed by atoms with Crippen LogP contribution in [-0.4, -0.2) is 36.6 Å². The van der Waals surface area contributed by atoms with Crippen LogP contribution in [-0.2, 0) is 0 Å². The summed E-state index contributed by atoms with van der Waals surface area (Å²) in [7, 11) is 2.09. The summed E-state index contributed by atoms with van der Waals surface area (Å²) in [6, 6.07) is 8.57. The number of nitrogens with one attached hydrogen (secondary N) is 1. The van der Waals surface area contributed by atoms with Crippen LogP contribution in [0.15, 0.2) is 24.3 Å². The summed E-state index contributed by atoms with van der Waals surface area (Å²) in [5, 5.41) is 3.47. The van der Waals surface area contributed by atoms with E-state index in [9.17, 15) is 0 Å². The van der Waals surface area contributed by atoms with Crippen molar-refractivity contribution in [2.75, 3.05) is 41.8 Å². The van der Waals surface area contributed by atoms with E-state index in [-0.39, 0.29) is 0 Å². The van der Waals surface area contributed by atoms with Crippen molar-refractivity contribution in [2.24, 2.45) is 0 Å². The lowest BCUT2D eigenvalue weighted by Gasteiger charge is -2.22. The van der Waals surface area contributed by atoms with E-state index in [2.05, 4.69) is 78.0 Å². The van der Waals surface area contributed by atoms with Crippen LogP contribution < -0.4 is 15.1 Å². The van der Waals surface area contributed by atoms with Crippen molar-refractivity contribution >= 4 is 23.0 Å². The van der Waals surface area contributed by atoms with E-state index in [0.717, 1.165) is 49.2 Å². The minimum absolute atomic E-state index is 0.783. The second kappa shape index (κ2) is 9.41. The first-order chi connectivity index (χ1) is 12.5. The molecule has 0 amide bonds. The van der Waals surface area contributed by atoms with E-state index in [4.69, 9.17) is 0 Å². The number of rotatable bonds is 9. The first-order valence-electron chi connectivity index (χ1n) is 9.67. The number of aryl methyl sites for hydroxylation is 2. The van der Waals surface area contributed by atoms with E-state index in [1.165, 1.54) is 17.7 Å². The second-order valence-electron chi connectivity index (χ2n) is 6.73. The summed E-state index contributed by atoms with van der Waals surface area (Å²) in [4.78, 5) is 13.7. The molecule has 0 atom stereocenters. The quantitative estimate of drug-likeness (QED) is 0.692. The number of aromatic nitrogens is 2. The molecule has 0 radical (unpaired) electrons. The zero-order valence-electron chi connectivity index (χ0n) is 17.1. The summed E-state index contributed by atoms with van der Waals surface area (Å²) < 4.78 is 0. The highest BCUT2D eigenvalue weighted by Gasteiger charge is 2.09. The summed E-state index contributed by atoms with van der Waals surface area (Å²) in [6.07, 6.45) is 2.34. The molecule has 1 N–H and O–H groups in total. The van der Waals surface area contributed by atoms with Gasteiger partial charge in [0, 0.05) is 44.1 Å². The Kier molecular flexibility index (Phi) is 7.25. The van der Waals surface area contributed by atoms with Crippen LogP contribution >= 0.6 is 0 Å². The number of hydrogen-bond donors (Lipinski definition) is 1. The monoisotopic (exact) mass is 355 g/mol. The summed E-state index contributed by atoms with van der Waals surface area (Å²) in [6.45, 7) is 13.7. The van der Waals surface area contributed by atoms with Crippen LogP contribution in [0.4, 0.5) is 23.0 Å². The van der Waals surface area contributed by atoms with Crippen LogP contribution in [0.2, 0.25) is 0 Å². The molecule has 0 aliphatic rings. The standard InChI is InChI=1S/C21H33N5/c1-7-10-13-25(6)21-15-20(22-17(5)23-21)24-19-12-11-18(14-16(19)4)26(8-2)9-3/h11-12,14-15H,7-10,13H2,1-6H3,(H,22,23,24). The van der Waals surface area contributed by atoms with Gasteiger partial charge in [-0.2, -0.15) is 0 Å². The summed E-state index contributed by atoms with van der Waals surface area (Å²) >= 11 is 0. The summed E-state index contributed by atoms with van der Waals surface area (Å²) in [5.41, 5.74) is 3.56. The lowest BCUT2D eigenvalue weighted by Crippen LogP contribution is -2.21. The molecule has 1 aromatic carbocycles. The number of anilines is 4. The van der Waals surface area contributed by atoms with Gasteiger partial charge in [-0.1, -0.05) is 13.3 Å². The van der Waals surface area contributed by atoms with Gasteiger partial charge in [0.2, 0.25) is 0 Å². The van der Waals surface area contributed by atoms with Crippen LogP contribution in [0.1, 0.15) is 45.0 Å². The number of unbranched alkanes of at least 4 members (excludes halogenated alkanes) is 1. The third-order valence-electron chi connectivity index (χ3n) is 4.66. The maximum absolute atomic E-state index is 4.58. The predicted molar refractivity (Wildman–Crippen MR) is 113 cm³/mol. The molecule has 0 bridgehead atoms.